The van der Waals surface area contributed by atoms with Crippen molar-refractivity contribution in [1.82, 2.24) is 14.8 Å². The molecule has 2 rings (SSSR count). The molecule has 0 spiro atoms. The van der Waals surface area contributed by atoms with Crippen molar-refractivity contribution >= 4 is 21.6 Å². The predicted octanol–water partition coefficient (Wildman–Crippen LogP) is 2.86. The van der Waals surface area contributed by atoms with Crippen molar-refractivity contribution in [2.24, 2.45) is 0 Å². The van der Waals surface area contributed by atoms with E-state index < -0.39 is 4.92 Å². The summed E-state index contributed by atoms with van der Waals surface area (Å²) < 4.78 is 2.25. The number of nitro groups is 1. The van der Waals surface area contributed by atoms with Gasteiger partial charge >= 0.3 is 0 Å². The summed E-state index contributed by atoms with van der Waals surface area (Å²) >= 11 is 3.35. The van der Waals surface area contributed by atoms with Gasteiger partial charge in [0.25, 0.3) is 5.69 Å². The van der Waals surface area contributed by atoms with E-state index in [0.29, 0.717) is 15.9 Å². The van der Waals surface area contributed by atoms with Gasteiger partial charge in [-0.1, -0.05) is 0 Å². The second-order valence-electron chi connectivity index (χ2n) is 4.00. The Morgan fingerprint density at radius 2 is 2.06 bits per heavy atom. The lowest BCUT2D eigenvalue weighted by molar-refractivity contribution is -0.385. The van der Waals surface area contributed by atoms with Crippen LogP contribution in [0.15, 0.2) is 16.7 Å². The zero-order valence-corrected chi connectivity index (χ0v) is 11.7. The van der Waals surface area contributed by atoms with Crippen LogP contribution in [0, 0.1) is 30.9 Å². The van der Waals surface area contributed by atoms with Crippen molar-refractivity contribution in [1.29, 1.82) is 0 Å². The molecule has 7 heteroatoms. The lowest BCUT2D eigenvalue weighted by atomic mass is 10.2. The van der Waals surface area contributed by atoms with Crippen LogP contribution in [0.5, 0.6) is 0 Å². The van der Waals surface area contributed by atoms with Crippen LogP contribution in [0.3, 0.4) is 0 Å². The van der Waals surface area contributed by atoms with Gasteiger partial charge in [0.2, 0.25) is 0 Å². The summed E-state index contributed by atoms with van der Waals surface area (Å²) in [6.07, 6.45) is 1.26. The third-order valence-electron chi connectivity index (χ3n) is 2.63. The van der Waals surface area contributed by atoms with Crippen LogP contribution in [-0.2, 0) is 0 Å². The minimum atomic E-state index is -0.446. The van der Waals surface area contributed by atoms with Gasteiger partial charge in [-0.2, -0.15) is 5.10 Å². The van der Waals surface area contributed by atoms with Gasteiger partial charge in [-0.05, 0) is 42.8 Å². The molecule has 2 aromatic rings. The molecule has 0 saturated heterocycles. The first-order chi connectivity index (χ1) is 8.41. The number of hydrogen-bond acceptors (Lipinski definition) is 4. The van der Waals surface area contributed by atoms with Crippen molar-refractivity contribution in [2.75, 3.05) is 0 Å². The number of hydrogen-bond donors (Lipinski definition) is 0. The van der Waals surface area contributed by atoms with Crippen molar-refractivity contribution in [3.05, 3.63) is 43.8 Å². The summed E-state index contributed by atoms with van der Waals surface area (Å²) in [5, 5.41) is 15.1. The van der Waals surface area contributed by atoms with Crippen molar-refractivity contribution in [2.45, 2.75) is 20.8 Å². The third-order valence-corrected chi connectivity index (χ3v) is 3.58. The van der Waals surface area contributed by atoms with Gasteiger partial charge in [0.1, 0.15) is 6.20 Å². The lowest BCUT2D eigenvalue weighted by Gasteiger charge is -2.08. The maximum absolute atomic E-state index is 10.8. The molecule has 0 aliphatic heterocycles. The summed E-state index contributed by atoms with van der Waals surface area (Å²) in [5.41, 5.74) is 2.33. The average molecular weight is 311 g/mol. The molecule has 0 N–H and O–H groups in total. The molecule has 0 saturated carbocycles. The monoisotopic (exact) mass is 310 g/mol. The Morgan fingerprint density at radius 1 is 1.39 bits per heavy atom. The summed E-state index contributed by atoms with van der Waals surface area (Å²) in [5.74, 6) is 0.559. The smallest absolute Gasteiger partial charge is 0.258 e. The molecule has 0 unspecified atom stereocenters. The molecular formula is C11H11BrN4O2. The van der Waals surface area contributed by atoms with E-state index in [4.69, 9.17) is 0 Å². The number of rotatable bonds is 2. The van der Waals surface area contributed by atoms with Crippen molar-refractivity contribution < 1.29 is 4.92 Å². The number of pyridine rings is 1. The van der Waals surface area contributed by atoms with Gasteiger partial charge in [-0.15, -0.1) is 0 Å². The van der Waals surface area contributed by atoms with E-state index in [1.165, 1.54) is 6.20 Å². The molecule has 0 bridgehead atoms. The minimum Gasteiger partial charge on any atom is -0.258 e. The van der Waals surface area contributed by atoms with Crippen LogP contribution in [0.1, 0.15) is 17.0 Å². The topological polar surface area (TPSA) is 73.8 Å². The highest BCUT2D eigenvalue weighted by atomic mass is 79.9. The SMILES string of the molecule is Cc1cc(C)n(-c2ncc([N+](=O)[O-])c(C)c2Br)n1. The summed E-state index contributed by atoms with van der Waals surface area (Å²) in [6.45, 7) is 5.47. The molecule has 6 nitrogen and oxygen atoms in total. The molecule has 0 fully saturated rings. The second-order valence-corrected chi connectivity index (χ2v) is 4.80. The van der Waals surface area contributed by atoms with Gasteiger partial charge in [-0.3, -0.25) is 10.1 Å². The molecule has 0 atom stereocenters. The van der Waals surface area contributed by atoms with E-state index in [9.17, 15) is 10.1 Å². The first-order valence-electron chi connectivity index (χ1n) is 5.25. The van der Waals surface area contributed by atoms with Gasteiger partial charge in [0.15, 0.2) is 5.82 Å². The normalized spacial score (nSPS) is 10.7. The van der Waals surface area contributed by atoms with Gasteiger partial charge in [0.05, 0.1) is 15.1 Å². The van der Waals surface area contributed by atoms with E-state index in [-0.39, 0.29) is 5.69 Å². The van der Waals surface area contributed by atoms with E-state index >= 15 is 0 Å². The third kappa shape index (κ3) is 2.01. The lowest BCUT2D eigenvalue weighted by Crippen LogP contribution is -2.05. The van der Waals surface area contributed by atoms with Gasteiger partial charge in [0, 0.05) is 11.3 Å². The number of halogens is 1. The fourth-order valence-corrected chi connectivity index (χ4v) is 2.20. The Labute approximate surface area is 112 Å². The quantitative estimate of drug-likeness (QED) is 0.631. The van der Waals surface area contributed by atoms with Crippen molar-refractivity contribution in [3.8, 4) is 5.82 Å². The van der Waals surface area contributed by atoms with Crippen molar-refractivity contribution in [3.63, 3.8) is 0 Å². The zero-order valence-electron chi connectivity index (χ0n) is 10.1. The molecule has 2 heterocycles. The summed E-state index contributed by atoms with van der Waals surface area (Å²) in [6, 6.07) is 1.92. The molecular weight excluding hydrogens is 300 g/mol. The highest BCUT2D eigenvalue weighted by Crippen LogP contribution is 2.29. The molecule has 18 heavy (non-hydrogen) atoms. The molecule has 0 aliphatic rings. The standard InChI is InChI=1S/C11H11BrN4O2/c1-6-4-7(2)15(14-6)11-10(12)8(3)9(5-13-11)16(17)18/h4-5H,1-3H3. The molecule has 0 aliphatic carbocycles. The minimum absolute atomic E-state index is 0.00726. The maximum atomic E-state index is 10.8. The summed E-state index contributed by atoms with van der Waals surface area (Å²) in [4.78, 5) is 14.5. The van der Waals surface area contributed by atoms with Crippen LogP contribution in [-0.4, -0.2) is 19.7 Å². The van der Waals surface area contributed by atoms with Crippen LogP contribution in [0.2, 0.25) is 0 Å². The molecule has 0 aromatic carbocycles. The van der Waals surface area contributed by atoms with Crippen LogP contribution < -0.4 is 0 Å². The highest BCUT2D eigenvalue weighted by molar-refractivity contribution is 9.10. The Balaban J connectivity index is 2.64. The van der Waals surface area contributed by atoms with E-state index in [1.807, 2.05) is 19.9 Å². The number of nitrogens with zero attached hydrogens (tertiary/aromatic N) is 4. The maximum Gasteiger partial charge on any atom is 0.291 e. The first-order valence-corrected chi connectivity index (χ1v) is 6.04. The fraction of sp³-hybridized carbons (Fsp3) is 0.273. The highest BCUT2D eigenvalue weighted by Gasteiger charge is 2.19. The molecule has 2 aromatic heterocycles. The Morgan fingerprint density at radius 3 is 2.56 bits per heavy atom. The van der Waals surface area contributed by atoms with E-state index in [2.05, 4.69) is 26.0 Å². The van der Waals surface area contributed by atoms with Crippen LogP contribution >= 0.6 is 15.9 Å². The Bertz CT molecular complexity index is 636. The van der Waals surface area contributed by atoms with E-state index in [1.54, 1.807) is 11.6 Å². The predicted molar refractivity (Wildman–Crippen MR) is 69.9 cm³/mol. The molecule has 0 radical (unpaired) electrons. The second kappa shape index (κ2) is 4.49. The van der Waals surface area contributed by atoms with Crippen LogP contribution in [0.4, 0.5) is 5.69 Å². The van der Waals surface area contributed by atoms with E-state index in [0.717, 1.165) is 11.4 Å². The largest absolute Gasteiger partial charge is 0.291 e. The van der Waals surface area contributed by atoms with Gasteiger partial charge < -0.3 is 0 Å². The molecule has 0 amide bonds. The number of aromatic nitrogens is 3. The first kappa shape index (κ1) is 12.7. The summed E-state index contributed by atoms with van der Waals surface area (Å²) in [7, 11) is 0. The molecule has 94 valence electrons. The van der Waals surface area contributed by atoms with Gasteiger partial charge in [-0.25, -0.2) is 9.67 Å². The Kier molecular flexibility index (Phi) is 3.16. The fourth-order valence-electron chi connectivity index (χ4n) is 1.73. The average Bonchev–Trinajstić information content (AvgIpc) is 2.61. The zero-order chi connectivity index (χ0) is 13.4. The Hall–Kier alpha value is -1.76. The van der Waals surface area contributed by atoms with Crippen LogP contribution in [0.25, 0.3) is 5.82 Å². The number of aryl methyl sites for hydroxylation is 2.